The van der Waals surface area contributed by atoms with E-state index >= 15 is 0 Å². The molecule has 260 valence electrons. The number of rotatable bonds is 13. The third kappa shape index (κ3) is 7.97. The Bertz CT molecular complexity index is 1790. The summed E-state index contributed by atoms with van der Waals surface area (Å²) in [4.78, 5) is 34.0. The van der Waals surface area contributed by atoms with E-state index in [9.17, 15) is 4.79 Å². The largest absolute Gasteiger partial charge is 0.497 e. The van der Waals surface area contributed by atoms with Crippen LogP contribution in [0.4, 0.5) is 34.5 Å². The highest BCUT2D eigenvalue weighted by Crippen LogP contribution is 2.44. The minimum absolute atomic E-state index is 0.264. The van der Waals surface area contributed by atoms with Crippen molar-refractivity contribution in [2.24, 2.45) is 0 Å². The second kappa shape index (κ2) is 14.6. The van der Waals surface area contributed by atoms with Crippen LogP contribution in [0.1, 0.15) is 55.0 Å². The monoisotopic (exact) mass is 668 g/mol. The van der Waals surface area contributed by atoms with E-state index in [1.807, 2.05) is 76.2 Å². The number of hydrogen-bond donors (Lipinski definition) is 2. The smallest absolute Gasteiger partial charge is 0.343 e. The summed E-state index contributed by atoms with van der Waals surface area (Å²) in [5.74, 6) is 1.58. The van der Waals surface area contributed by atoms with Gasteiger partial charge >= 0.3 is 5.97 Å². The van der Waals surface area contributed by atoms with Gasteiger partial charge in [-0.2, -0.15) is 4.98 Å². The first-order chi connectivity index (χ1) is 23.3. The van der Waals surface area contributed by atoms with Crippen LogP contribution in [0, 0.1) is 6.92 Å². The highest BCUT2D eigenvalue weighted by Gasteiger charge is 2.39. The first-order valence-corrected chi connectivity index (χ1v) is 16.4. The van der Waals surface area contributed by atoms with Crippen LogP contribution >= 0.6 is 0 Å². The maximum atomic E-state index is 13.3. The fraction of sp³-hybridized carbons (Fsp3) is 0.405. The normalized spacial score (nSPS) is 13.4. The Kier molecular flexibility index (Phi) is 10.5. The number of benzene rings is 2. The molecule has 1 aliphatic rings. The molecule has 49 heavy (non-hydrogen) atoms. The van der Waals surface area contributed by atoms with Gasteiger partial charge in [0, 0.05) is 49.6 Å². The average Bonchev–Trinajstić information content (AvgIpc) is 3.32. The first-order valence-electron chi connectivity index (χ1n) is 16.4. The average molecular weight is 669 g/mol. The summed E-state index contributed by atoms with van der Waals surface area (Å²) in [6.45, 7) is 12.6. The number of nitrogen functional groups attached to an aromatic ring is 1. The number of fused-ring (bicyclic) bond motifs is 1. The molecule has 0 aliphatic carbocycles. The molecule has 0 saturated carbocycles. The van der Waals surface area contributed by atoms with Crippen LogP contribution in [0.15, 0.2) is 54.7 Å². The van der Waals surface area contributed by atoms with Gasteiger partial charge in [0.05, 0.1) is 48.8 Å². The van der Waals surface area contributed by atoms with E-state index in [0.29, 0.717) is 36.0 Å². The van der Waals surface area contributed by atoms with Crippen LogP contribution in [0.2, 0.25) is 0 Å². The number of carbonyl (C=O) groups excluding carboxylic acids is 1. The van der Waals surface area contributed by atoms with Gasteiger partial charge in [0.25, 0.3) is 0 Å². The molecule has 0 radical (unpaired) electrons. The van der Waals surface area contributed by atoms with Crippen molar-refractivity contribution in [2.75, 3.05) is 68.8 Å². The summed E-state index contributed by atoms with van der Waals surface area (Å²) in [7, 11) is 7.36. The zero-order valence-corrected chi connectivity index (χ0v) is 30.0. The molecule has 0 unspecified atom stereocenters. The number of nitrogens with one attached hydrogen (secondary N) is 1. The van der Waals surface area contributed by atoms with Gasteiger partial charge in [-0.15, -0.1) is 0 Å². The van der Waals surface area contributed by atoms with E-state index in [1.165, 1.54) is 6.20 Å². The molecule has 5 rings (SSSR count). The lowest BCUT2D eigenvalue weighted by molar-refractivity contribution is 0.0378. The Morgan fingerprint density at radius 3 is 2.43 bits per heavy atom. The van der Waals surface area contributed by atoms with Gasteiger partial charge in [-0.3, -0.25) is 4.98 Å². The Morgan fingerprint density at radius 1 is 1.04 bits per heavy atom. The van der Waals surface area contributed by atoms with Crippen molar-refractivity contribution < 1.29 is 19.0 Å². The predicted molar refractivity (Wildman–Crippen MR) is 195 cm³/mol. The number of aromatic nitrogens is 3. The fourth-order valence-corrected chi connectivity index (χ4v) is 5.87. The van der Waals surface area contributed by atoms with Crippen molar-refractivity contribution in [1.29, 1.82) is 0 Å². The SMILES string of the molecule is COc1ccc(CN(CCN(C)C)c2cc(OC)c(Nc3ncc(C(=O)OC(C)C)c(N4CC(C)(C)c5nc(C)ccc54)n3)cc2N)cc1. The lowest BCUT2D eigenvalue weighted by Crippen LogP contribution is -2.32. The molecule has 2 aromatic heterocycles. The van der Waals surface area contributed by atoms with Gasteiger partial charge < -0.3 is 40.0 Å². The van der Waals surface area contributed by atoms with Gasteiger partial charge in [-0.25, -0.2) is 9.78 Å². The van der Waals surface area contributed by atoms with Crippen molar-refractivity contribution in [3.8, 4) is 11.5 Å². The number of ether oxygens (including phenoxy) is 3. The summed E-state index contributed by atoms with van der Waals surface area (Å²) < 4.78 is 16.8. The van der Waals surface area contributed by atoms with E-state index in [-0.39, 0.29) is 23.0 Å². The molecular formula is C37H48N8O4. The molecule has 3 heterocycles. The number of anilines is 6. The van der Waals surface area contributed by atoms with Crippen molar-refractivity contribution in [3.63, 3.8) is 0 Å². The van der Waals surface area contributed by atoms with Crippen LogP contribution in [0.25, 0.3) is 0 Å². The Hall–Kier alpha value is -5.10. The molecule has 0 bridgehead atoms. The molecule has 0 spiro atoms. The minimum atomic E-state index is -0.497. The van der Waals surface area contributed by atoms with Crippen molar-refractivity contribution in [2.45, 2.75) is 52.7 Å². The Balaban J connectivity index is 1.51. The topological polar surface area (TPSA) is 131 Å². The zero-order valence-electron chi connectivity index (χ0n) is 30.0. The van der Waals surface area contributed by atoms with E-state index in [2.05, 4.69) is 46.1 Å². The quantitative estimate of drug-likeness (QED) is 0.126. The highest BCUT2D eigenvalue weighted by molar-refractivity contribution is 5.96. The number of methoxy groups -OCH3 is 2. The van der Waals surface area contributed by atoms with Crippen LogP contribution in [-0.4, -0.2) is 79.9 Å². The second-order valence-electron chi connectivity index (χ2n) is 13.5. The molecule has 0 amide bonds. The maximum absolute atomic E-state index is 13.3. The molecule has 4 aromatic rings. The third-order valence-corrected chi connectivity index (χ3v) is 8.37. The summed E-state index contributed by atoms with van der Waals surface area (Å²) in [5.41, 5.74) is 12.6. The van der Waals surface area contributed by atoms with Crippen LogP contribution in [0.5, 0.6) is 11.5 Å². The number of pyridine rings is 1. The third-order valence-electron chi connectivity index (χ3n) is 8.37. The Labute approximate surface area is 289 Å². The molecule has 1 aliphatic heterocycles. The predicted octanol–water partition coefficient (Wildman–Crippen LogP) is 6.09. The number of carbonyl (C=O) groups is 1. The standard InChI is InChI=1S/C37H48N8O4/c1-23(2)49-35(46)27-20-39-36(42-34(27)45-22-37(4,5)33-30(45)15-10-24(3)40-33)41-29-18-28(38)31(19-32(29)48-9)44(17-16-43(6)7)21-25-11-13-26(47-8)14-12-25/h10-15,18-20,23H,16-17,21-22,38H2,1-9H3,(H,39,41,42). The van der Waals surface area contributed by atoms with Gasteiger partial charge in [0.1, 0.15) is 17.1 Å². The molecule has 3 N–H and O–H groups in total. The minimum Gasteiger partial charge on any atom is -0.497 e. The summed E-state index contributed by atoms with van der Waals surface area (Å²) in [5, 5.41) is 3.31. The number of hydrogen-bond acceptors (Lipinski definition) is 12. The number of nitrogens with zero attached hydrogens (tertiary/aromatic N) is 6. The molecule has 12 nitrogen and oxygen atoms in total. The van der Waals surface area contributed by atoms with E-state index in [0.717, 1.165) is 47.2 Å². The second-order valence-corrected chi connectivity index (χ2v) is 13.5. The summed E-state index contributed by atoms with van der Waals surface area (Å²) in [6.07, 6.45) is 1.20. The summed E-state index contributed by atoms with van der Waals surface area (Å²) in [6, 6.07) is 15.8. The molecule has 2 aromatic carbocycles. The van der Waals surface area contributed by atoms with E-state index < -0.39 is 5.97 Å². The van der Waals surface area contributed by atoms with Gasteiger partial charge in [0.15, 0.2) is 5.82 Å². The molecule has 0 saturated heterocycles. The zero-order chi connectivity index (χ0) is 35.5. The number of likely N-dealkylation sites (N-methyl/N-ethyl adjacent to an activating group) is 1. The molecule has 0 fully saturated rings. The van der Waals surface area contributed by atoms with Gasteiger partial charge in [-0.1, -0.05) is 26.0 Å². The molecular weight excluding hydrogens is 620 g/mol. The van der Waals surface area contributed by atoms with Crippen molar-refractivity contribution in [3.05, 3.63) is 77.2 Å². The lowest BCUT2D eigenvalue weighted by atomic mass is 9.91. The van der Waals surface area contributed by atoms with Gasteiger partial charge in [0.2, 0.25) is 5.95 Å². The number of esters is 1. The maximum Gasteiger partial charge on any atom is 0.343 e. The van der Waals surface area contributed by atoms with Crippen LogP contribution < -0.4 is 30.3 Å². The highest BCUT2D eigenvalue weighted by atomic mass is 16.5. The lowest BCUT2D eigenvalue weighted by Gasteiger charge is -2.29. The Morgan fingerprint density at radius 2 is 1.78 bits per heavy atom. The fourth-order valence-electron chi connectivity index (χ4n) is 5.87. The molecule has 0 atom stereocenters. The van der Waals surface area contributed by atoms with Crippen LogP contribution in [-0.2, 0) is 16.7 Å². The van der Waals surface area contributed by atoms with Crippen molar-refractivity contribution >= 4 is 40.5 Å². The van der Waals surface area contributed by atoms with Gasteiger partial charge in [-0.05, 0) is 70.8 Å². The molecule has 12 heteroatoms. The first kappa shape index (κ1) is 35.2. The van der Waals surface area contributed by atoms with Crippen LogP contribution in [0.3, 0.4) is 0 Å². The van der Waals surface area contributed by atoms with E-state index in [1.54, 1.807) is 14.2 Å². The number of nitrogens with two attached hydrogens (primary N) is 1. The number of aryl methyl sites for hydroxylation is 1. The van der Waals surface area contributed by atoms with E-state index in [4.69, 9.17) is 29.9 Å². The summed E-state index contributed by atoms with van der Waals surface area (Å²) >= 11 is 0. The van der Waals surface area contributed by atoms with Crippen molar-refractivity contribution in [1.82, 2.24) is 19.9 Å².